The van der Waals surface area contributed by atoms with Crippen molar-refractivity contribution in [2.24, 2.45) is 0 Å². The van der Waals surface area contributed by atoms with E-state index in [4.69, 9.17) is 0 Å². The van der Waals surface area contributed by atoms with E-state index in [-0.39, 0.29) is 5.69 Å². The van der Waals surface area contributed by atoms with Gasteiger partial charge in [0.25, 0.3) is 0 Å². The van der Waals surface area contributed by atoms with Gasteiger partial charge in [0.2, 0.25) is 5.95 Å². The van der Waals surface area contributed by atoms with E-state index in [0.717, 1.165) is 25.8 Å². The summed E-state index contributed by atoms with van der Waals surface area (Å²) >= 11 is 0. The highest BCUT2D eigenvalue weighted by molar-refractivity contribution is 5.30. The summed E-state index contributed by atoms with van der Waals surface area (Å²) in [5.41, 5.74) is -0.0888. The maximum Gasteiger partial charge on any atom is 0.305 e. The number of hydrogen-bond acceptors (Lipinski definition) is 5. The predicted molar refractivity (Wildman–Crippen MR) is 56.7 cm³/mol. The molecule has 0 fully saturated rings. The molecule has 0 spiro atoms. The second kappa shape index (κ2) is 5.90. The topological polar surface area (TPSA) is 81.0 Å². The summed E-state index contributed by atoms with van der Waals surface area (Å²) < 4.78 is 0. The zero-order valence-electron chi connectivity index (χ0n) is 8.64. The lowest BCUT2D eigenvalue weighted by molar-refractivity contribution is -0.385. The average Bonchev–Trinajstić information content (AvgIpc) is 2.25. The van der Waals surface area contributed by atoms with E-state index < -0.39 is 4.92 Å². The van der Waals surface area contributed by atoms with Crippen molar-refractivity contribution in [1.82, 2.24) is 9.97 Å². The number of hydrogen-bond donors (Lipinski definition) is 1. The van der Waals surface area contributed by atoms with Gasteiger partial charge < -0.3 is 5.32 Å². The summed E-state index contributed by atoms with van der Waals surface area (Å²) in [6.07, 6.45) is 5.77. The van der Waals surface area contributed by atoms with Gasteiger partial charge in [-0.3, -0.25) is 10.1 Å². The standard InChI is InChI=1S/C9H14N4O2/c1-2-3-4-5-10-9-11-6-8(7-12-9)13(14)15/h6-7H,2-5H2,1H3,(H,10,11,12). The lowest BCUT2D eigenvalue weighted by Gasteiger charge is -2.02. The van der Waals surface area contributed by atoms with Gasteiger partial charge in [-0.1, -0.05) is 19.8 Å². The first kappa shape index (κ1) is 11.4. The smallest absolute Gasteiger partial charge is 0.305 e. The van der Waals surface area contributed by atoms with E-state index in [1.165, 1.54) is 12.4 Å². The molecule has 0 unspecified atom stereocenters. The van der Waals surface area contributed by atoms with Gasteiger partial charge in [-0.25, -0.2) is 9.97 Å². The summed E-state index contributed by atoms with van der Waals surface area (Å²) in [5.74, 6) is 0.441. The van der Waals surface area contributed by atoms with Gasteiger partial charge in [0, 0.05) is 6.54 Å². The number of unbranched alkanes of at least 4 members (excludes halogenated alkanes) is 2. The Morgan fingerprint density at radius 1 is 1.40 bits per heavy atom. The van der Waals surface area contributed by atoms with Crippen molar-refractivity contribution in [3.05, 3.63) is 22.5 Å². The highest BCUT2D eigenvalue weighted by atomic mass is 16.6. The van der Waals surface area contributed by atoms with Crippen molar-refractivity contribution in [2.45, 2.75) is 26.2 Å². The Labute approximate surface area is 87.9 Å². The summed E-state index contributed by atoms with van der Waals surface area (Å²) in [6, 6.07) is 0. The molecular weight excluding hydrogens is 196 g/mol. The van der Waals surface area contributed by atoms with Gasteiger partial charge in [0.15, 0.2) is 0 Å². The lowest BCUT2D eigenvalue weighted by atomic mass is 10.2. The molecule has 0 amide bonds. The van der Waals surface area contributed by atoms with Crippen LogP contribution < -0.4 is 5.32 Å². The van der Waals surface area contributed by atoms with Gasteiger partial charge >= 0.3 is 5.69 Å². The second-order valence-electron chi connectivity index (χ2n) is 3.16. The molecule has 1 aromatic heterocycles. The molecule has 1 N–H and O–H groups in total. The Bertz CT molecular complexity index is 312. The van der Waals surface area contributed by atoms with Crippen LogP contribution in [0.15, 0.2) is 12.4 Å². The Morgan fingerprint density at radius 3 is 2.60 bits per heavy atom. The summed E-state index contributed by atoms with van der Waals surface area (Å²) in [6.45, 7) is 2.92. The molecule has 1 rings (SSSR count). The van der Waals surface area contributed by atoms with Crippen molar-refractivity contribution in [3.63, 3.8) is 0 Å². The molecule has 15 heavy (non-hydrogen) atoms. The van der Waals surface area contributed by atoms with Crippen molar-refractivity contribution >= 4 is 11.6 Å². The number of nitrogens with one attached hydrogen (secondary N) is 1. The van der Waals surface area contributed by atoms with Crippen LogP contribution in [0.5, 0.6) is 0 Å². The molecule has 0 aromatic carbocycles. The maximum absolute atomic E-state index is 10.3. The minimum atomic E-state index is -0.513. The minimum absolute atomic E-state index is 0.0888. The first-order valence-electron chi connectivity index (χ1n) is 4.94. The average molecular weight is 210 g/mol. The van der Waals surface area contributed by atoms with Crippen LogP contribution >= 0.6 is 0 Å². The molecular formula is C9H14N4O2. The van der Waals surface area contributed by atoms with Gasteiger partial charge in [-0.2, -0.15) is 0 Å². The third kappa shape index (κ3) is 3.88. The number of aromatic nitrogens is 2. The first-order valence-corrected chi connectivity index (χ1v) is 4.94. The molecule has 6 heteroatoms. The van der Waals surface area contributed by atoms with E-state index in [9.17, 15) is 10.1 Å². The van der Waals surface area contributed by atoms with Gasteiger partial charge in [0.1, 0.15) is 12.4 Å². The van der Waals surface area contributed by atoms with E-state index >= 15 is 0 Å². The van der Waals surface area contributed by atoms with E-state index in [0.29, 0.717) is 5.95 Å². The van der Waals surface area contributed by atoms with Crippen molar-refractivity contribution in [3.8, 4) is 0 Å². The minimum Gasteiger partial charge on any atom is -0.354 e. The molecule has 0 radical (unpaired) electrons. The van der Waals surface area contributed by atoms with Crippen LogP contribution in [0.25, 0.3) is 0 Å². The van der Waals surface area contributed by atoms with Crippen LogP contribution in [0.2, 0.25) is 0 Å². The van der Waals surface area contributed by atoms with Crippen LogP contribution in [0.1, 0.15) is 26.2 Å². The fourth-order valence-electron chi connectivity index (χ4n) is 1.08. The number of nitrogens with zero attached hydrogens (tertiary/aromatic N) is 3. The molecule has 0 saturated heterocycles. The van der Waals surface area contributed by atoms with Gasteiger partial charge in [0.05, 0.1) is 4.92 Å². The third-order valence-corrected chi connectivity index (χ3v) is 1.91. The zero-order valence-corrected chi connectivity index (χ0v) is 8.64. The van der Waals surface area contributed by atoms with Crippen LogP contribution in [0.4, 0.5) is 11.6 Å². The highest BCUT2D eigenvalue weighted by Gasteiger charge is 2.05. The SMILES string of the molecule is CCCCCNc1ncc([N+](=O)[O-])cn1. The molecule has 0 atom stereocenters. The fraction of sp³-hybridized carbons (Fsp3) is 0.556. The van der Waals surface area contributed by atoms with E-state index in [1.54, 1.807) is 0 Å². The molecule has 82 valence electrons. The zero-order chi connectivity index (χ0) is 11.1. The third-order valence-electron chi connectivity index (χ3n) is 1.91. The van der Waals surface area contributed by atoms with Crippen molar-refractivity contribution < 1.29 is 4.92 Å². The van der Waals surface area contributed by atoms with E-state index in [1.807, 2.05) is 0 Å². The van der Waals surface area contributed by atoms with Crippen molar-refractivity contribution in [2.75, 3.05) is 11.9 Å². The van der Waals surface area contributed by atoms with Gasteiger partial charge in [-0.15, -0.1) is 0 Å². The van der Waals surface area contributed by atoms with E-state index in [2.05, 4.69) is 22.2 Å². The van der Waals surface area contributed by atoms with Crippen molar-refractivity contribution in [1.29, 1.82) is 0 Å². The summed E-state index contributed by atoms with van der Waals surface area (Å²) in [5, 5.41) is 13.3. The summed E-state index contributed by atoms with van der Waals surface area (Å²) in [4.78, 5) is 17.5. The predicted octanol–water partition coefficient (Wildman–Crippen LogP) is 1.99. The fourth-order valence-corrected chi connectivity index (χ4v) is 1.08. The molecule has 1 heterocycles. The molecule has 0 saturated carbocycles. The Morgan fingerprint density at radius 2 is 2.07 bits per heavy atom. The van der Waals surface area contributed by atoms with Crippen LogP contribution in [-0.4, -0.2) is 21.4 Å². The molecule has 0 bridgehead atoms. The Kier molecular flexibility index (Phi) is 4.46. The van der Waals surface area contributed by atoms with Gasteiger partial charge in [-0.05, 0) is 6.42 Å². The number of anilines is 1. The normalized spacial score (nSPS) is 9.93. The van der Waals surface area contributed by atoms with Crippen LogP contribution in [-0.2, 0) is 0 Å². The largest absolute Gasteiger partial charge is 0.354 e. The highest BCUT2D eigenvalue weighted by Crippen LogP contribution is 2.08. The second-order valence-corrected chi connectivity index (χ2v) is 3.16. The first-order chi connectivity index (χ1) is 7.24. The maximum atomic E-state index is 10.3. The van der Waals surface area contributed by atoms with Crippen LogP contribution in [0, 0.1) is 10.1 Å². The molecule has 1 aromatic rings. The Balaban J connectivity index is 2.39. The number of nitro groups is 1. The summed E-state index contributed by atoms with van der Waals surface area (Å²) in [7, 11) is 0. The number of rotatable bonds is 6. The quantitative estimate of drug-likeness (QED) is 0.441. The molecule has 0 aliphatic rings. The lowest BCUT2D eigenvalue weighted by Crippen LogP contribution is -2.05. The monoisotopic (exact) mass is 210 g/mol. The Hall–Kier alpha value is -1.72. The van der Waals surface area contributed by atoms with Crippen LogP contribution in [0.3, 0.4) is 0 Å². The molecule has 6 nitrogen and oxygen atoms in total. The molecule has 0 aliphatic carbocycles. The molecule has 0 aliphatic heterocycles.